The van der Waals surface area contributed by atoms with Gasteiger partial charge in [-0.25, -0.2) is 0 Å². The van der Waals surface area contributed by atoms with Gasteiger partial charge in [0.1, 0.15) is 15.8 Å². The van der Waals surface area contributed by atoms with Crippen LogP contribution in [0, 0.1) is 6.92 Å². The second-order valence-electron chi connectivity index (χ2n) is 5.05. The fourth-order valence-corrected chi connectivity index (χ4v) is 4.77. The Bertz CT molecular complexity index is 990. The number of aromatic nitrogens is 6. The van der Waals surface area contributed by atoms with Crippen molar-refractivity contribution in [2.24, 2.45) is 0 Å². The molecule has 1 aromatic carbocycles. The summed E-state index contributed by atoms with van der Waals surface area (Å²) in [6.45, 7) is 4.57. The van der Waals surface area contributed by atoms with Gasteiger partial charge < -0.3 is 4.74 Å². The molecule has 0 unspecified atom stereocenters. The van der Waals surface area contributed by atoms with Gasteiger partial charge in [-0.15, -0.1) is 20.4 Å². The van der Waals surface area contributed by atoms with E-state index < -0.39 is 0 Å². The Balaban J connectivity index is 1.55. The maximum Gasteiger partial charge on any atom is 0.235 e. The summed E-state index contributed by atoms with van der Waals surface area (Å²) in [5.41, 5.74) is 1.04. The molecule has 25 heavy (non-hydrogen) atoms. The smallest absolute Gasteiger partial charge is 0.235 e. The van der Waals surface area contributed by atoms with E-state index >= 15 is 0 Å². The fraction of sp³-hybridized carbons (Fsp3) is 0.267. The first-order valence-corrected chi connectivity index (χ1v) is 10.2. The highest BCUT2D eigenvalue weighted by Gasteiger charge is 2.14. The van der Waals surface area contributed by atoms with Crippen molar-refractivity contribution in [1.82, 2.24) is 30.0 Å². The maximum absolute atomic E-state index is 5.48. The van der Waals surface area contributed by atoms with Gasteiger partial charge in [-0.3, -0.25) is 0 Å². The Morgan fingerprint density at radius 2 is 1.92 bits per heavy atom. The fourth-order valence-electron chi connectivity index (χ4n) is 2.19. The normalized spacial score (nSPS) is 11.3. The molecule has 0 aliphatic carbocycles. The van der Waals surface area contributed by atoms with Crippen molar-refractivity contribution in [3.63, 3.8) is 0 Å². The van der Waals surface area contributed by atoms with Crippen LogP contribution in [-0.2, 0) is 5.75 Å². The van der Waals surface area contributed by atoms with Crippen LogP contribution in [0.25, 0.3) is 15.5 Å². The largest absolute Gasteiger partial charge is 0.494 e. The van der Waals surface area contributed by atoms with Crippen LogP contribution in [0.2, 0.25) is 0 Å². The van der Waals surface area contributed by atoms with Crippen LogP contribution in [0.4, 0.5) is 0 Å². The van der Waals surface area contributed by atoms with Gasteiger partial charge in [0.25, 0.3) is 0 Å². The highest BCUT2D eigenvalue weighted by Crippen LogP contribution is 2.29. The van der Waals surface area contributed by atoms with Crippen molar-refractivity contribution in [2.75, 3.05) is 6.61 Å². The van der Waals surface area contributed by atoms with Gasteiger partial charge in [-0.1, -0.05) is 34.4 Å². The first-order valence-electron chi connectivity index (χ1n) is 7.60. The third kappa shape index (κ3) is 3.51. The molecule has 128 valence electrons. The molecule has 3 heterocycles. The molecule has 0 bridgehead atoms. The molecule has 10 heteroatoms. The molecule has 4 rings (SSSR count). The minimum atomic E-state index is 0.655. The van der Waals surface area contributed by atoms with E-state index in [2.05, 4.69) is 25.5 Å². The third-order valence-electron chi connectivity index (χ3n) is 3.30. The SMILES string of the molecule is CCOc1ccc(-c2nn3c(CSc4nnc(C)s4)nnc3s2)cc1. The number of hydrogen-bond donors (Lipinski definition) is 0. The molecule has 0 saturated heterocycles. The van der Waals surface area contributed by atoms with Gasteiger partial charge >= 0.3 is 0 Å². The zero-order valence-corrected chi connectivity index (χ0v) is 16.0. The van der Waals surface area contributed by atoms with E-state index in [1.807, 2.05) is 38.1 Å². The van der Waals surface area contributed by atoms with Crippen LogP contribution >= 0.6 is 34.4 Å². The molecular formula is C15H14N6OS3. The van der Waals surface area contributed by atoms with E-state index in [1.54, 1.807) is 27.6 Å². The summed E-state index contributed by atoms with van der Waals surface area (Å²) in [5, 5.41) is 23.1. The van der Waals surface area contributed by atoms with E-state index in [0.717, 1.165) is 36.5 Å². The molecule has 3 aromatic heterocycles. The predicted molar refractivity (Wildman–Crippen MR) is 99.5 cm³/mol. The minimum Gasteiger partial charge on any atom is -0.494 e. The molecule has 0 aliphatic heterocycles. The van der Waals surface area contributed by atoms with E-state index in [-0.39, 0.29) is 0 Å². The number of aryl methyl sites for hydroxylation is 1. The molecule has 0 saturated carbocycles. The Hall–Kier alpha value is -2.04. The average molecular weight is 391 g/mol. The summed E-state index contributed by atoms with van der Waals surface area (Å²) in [4.78, 5) is 0.785. The number of rotatable bonds is 6. The summed E-state index contributed by atoms with van der Waals surface area (Å²) in [6, 6.07) is 7.93. The standard InChI is InChI=1S/C15H14N6OS3/c1-3-22-11-6-4-10(5-7-11)13-20-21-12(17-18-14(21)25-13)8-23-15-19-16-9(2)24-15/h4-7H,3,8H2,1-2H3. The highest BCUT2D eigenvalue weighted by molar-refractivity contribution is 8.00. The van der Waals surface area contributed by atoms with Crippen LogP contribution in [-0.4, -0.2) is 36.6 Å². The monoisotopic (exact) mass is 390 g/mol. The lowest BCUT2D eigenvalue weighted by molar-refractivity contribution is 0.340. The molecule has 0 atom stereocenters. The summed E-state index contributed by atoms with van der Waals surface area (Å²) < 4.78 is 8.21. The number of benzene rings is 1. The number of thioether (sulfide) groups is 1. The van der Waals surface area contributed by atoms with Crippen molar-refractivity contribution < 1.29 is 4.74 Å². The van der Waals surface area contributed by atoms with Gasteiger partial charge in [-0.2, -0.15) is 9.61 Å². The van der Waals surface area contributed by atoms with E-state index in [1.165, 1.54) is 11.3 Å². The van der Waals surface area contributed by atoms with Gasteiger partial charge in [-0.05, 0) is 38.1 Å². The van der Waals surface area contributed by atoms with E-state index in [0.29, 0.717) is 12.4 Å². The Morgan fingerprint density at radius 1 is 1.08 bits per heavy atom. The van der Waals surface area contributed by atoms with Gasteiger partial charge in [0.05, 0.1) is 12.4 Å². The first kappa shape index (κ1) is 16.4. The molecule has 0 N–H and O–H groups in total. The Labute approximate surface area is 156 Å². The molecule has 0 fully saturated rings. The Morgan fingerprint density at radius 3 is 2.64 bits per heavy atom. The van der Waals surface area contributed by atoms with Gasteiger partial charge in [0.15, 0.2) is 10.2 Å². The second-order valence-corrected chi connectivity index (χ2v) is 8.41. The molecule has 7 nitrogen and oxygen atoms in total. The quantitative estimate of drug-likeness (QED) is 0.464. The molecular weight excluding hydrogens is 376 g/mol. The van der Waals surface area contributed by atoms with Crippen molar-refractivity contribution >= 4 is 39.4 Å². The molecule has 0 radical (unpaired) electrons. The zero-order valence-electron chi connectivity index (χ0n) is 13.5. The number of fused-ring (bicyclic) bond motifs is 1. The molecule has 0 amide bonds. The van der Waals surface area contributed by atoms with Crippen LogP contribution in [0.1, 0.15) is 17.8 Å². The van der Waals surface area contributed by atoms with Crippen molar-refractivity contribution in [2.45, 2.75) is 23.9 Å². The lowest BCUT2D eigenvalue weighted by atomic mass is 10.2. The van der Waals surface area contributed by atoms with Gasteiger partial charge in [0, 0.05) is 5.56 Å². The van der Waals surface area contributed by atoms with Crippen LogP contribution < -0.4 is 4.74 Å². The number of nitrogens with zero attached hydrogens (tertiary/aromatic N) is 6. The van der Waals surface area contributed by atoms with Crippen molar-refractivity contribution in [3.05, 3.63) is 35.1 Å². The summed E-state index contributed by atoms with van der Waals surface area (Å²) >= 11 is 4.69. The lowest BCUT2D eigenvalue weighted by Gasteiger charge is -2.02. The highest BCUT2D eigenvalue weighted by atomic mass is 32.2. The van der Waals surface area contributed by atoms with Crippen LogP contribution in [0.3, 0.4) is 0 Å². The summed E-state index contributed by atoms with van der Waals surface area (Å²) in [5.74, 6) is 2.32. The molecule has 0 aliphatic rings. The molecule has 0 spiro atoms. The third-order valence-corrected chi connectivity index (χ3v) is 6.22. The number of hydrogen-bond acceptors (Lipinski definition) is 9. The zero-order chi connectivity index (χ0) is 17.2. The number of ether oxygens (including phenoxy) is 1. The Kier molecular flexibility index (Phi) is 4.64. The van der Waals surface area contributed by atoms with E-state index in [4.69, 9.17) is 4.74 Å². The first-order chi connectivity index (χ1) is 12.2. The lowest BCUT2D eigenvalue weighted by Crippen LogP contribution is -1.94. The van der Waals surface area contributed by atoms with Crippen molar-refractivity contribution in [3.8, 4) is 16.3 Å². The van der Waals surface area contributed by atoms with Crippen LogP contribution in [0.15, 0.2) is 28.6 Å². The van der Waals surface area contributed by atoms with Gasteiger partial charge in [0.2, 0.25) is 4.96 Å². The minimum absolute atomic E-state index is 0.655. The molecule has 4 aromatic rings. The summed E-state index contributed by atoms with van der Waals surface area (Å²) in [6.07, 6.45) is 0. The summed E-state index contributed by atoms with van der Waals surface area (Å²) in [7, 11) is 0. The van der Waals surface area contributed by atoms with E-state index in [9.17, 15) is 0 Å². The van der Waals surface area contributed by atoms with Crippen LogP contribution in [0.5, 0.6) is 5.75 Å². The average Bonchev–Trinajstić information content (AvgIpc) is 3.30. The maximum atomic E-state index is 5.48. The topological polar surface area (TPSA) is 78.1 Å². The van der Waals surface area contributed by atoms with Crippen molar-refractivity contribution in [1.29, 1.82) is 0 Å². The predicted octanol–water partition coefficient (Wildman–Crippen LogP) is 3.70. The second kappa shape index (κ2) is 7.06.